The third-order valence-corrected chi connectivity index (χ3v) is 3.46. The summed E-state index contributed by atoms with van der Waals surface area (Å²) in [6, 6.07) is 12.7. The Balaban J connectivity index is 2.17. The fraction of sp³-hybridized carbons (Fsp3) is 0. The molecular formula is C15H11ClN2O. The van der Waals surface area contributed by atoms with E-state index in [1.807, 2.05) is 24.3 Å². The van der Waals surface area contributed by atoms with E-state index >= 15 is 0 Å². The number of benzene rings is 2. The number of hydrogen-bond acceptors (Lipinski definition) is 2. The van der Waals surface area contributed by atoms with Crippen molar-refractivity contribution >= 4 is 34.0 Å². The SMILES string of the molecule is Nc1c(Cl)cccc1C(=O)c1c[nH]c2ccccc12. The van der Waals surface area contributed by atoms with Crippen molar-refractivity contribution in [2.24, 2.45) is 0 Å². The van der Waals surface area contributed by atoms with Gasteiger partial charge in [-0.15, -0.1) is 0 Å². The lowest BCUT2D eigenvalue weighted by atomic mass is 10.0. The highest BCUT2D eigenvalue weighted by Crippen LogP contribution is 2.27. The number of fused-ring (bicyclic) bond motifs is 1. The minimum atomic E-state index is -0.127. The molecule has 1 heterocycles. The predicted molar refractivity (Wildman–Crippen MR) is 77.6 cm³/mol. The van der Waals surface area contributed by atoms with Crippen LogP contribution in [0.4, 0.5) is 5.69 Å². The van der Waals surface area contributed by atoms with Crippen molar-refractivity contribution in [1.82, 2.24) is 4.98 Å². The number of carbonyl (C=O) groups excluding carboxylic acids is 1. The van der Waals surface area contributed by atoms with Gasteiger partial charge in [-0.3, -0.25) is 4.79 Å². The maximum absolute atomic E-state index is 12.5. The van der Waals surface area contributed by atoms with Crippen LogP contribution in [0, 0.1) is 0 Å². The third-order valence-electron chi connectivity index (χ3n) is 3.13. The number of para-hydroxylation sites is 2. The summed E-state index contributed by atoms with van der Waals surface area (Å²) in [5, 5.41) is 1.28. The second-order valence-corrected chi connectivity index (χ2v) is 4.69. The molecule has 19 heavy (non-hydrogen) atoms. The van der Waals surface area contributed by atoms with Crippen molar-refractivity contribution < 1.29 is 4.79 Å². The van der Waals surface area contributed by atoms with Gasteiger partial charge in [-0.05, 0) is 18.2 Å². The highest BCUT2D eigenvalue weighted by atomic mass is 35.5. The van der Waals surface area contributed by atoms with Crippen LogP contribution in [-0.2, 0) is 0 Å². The maximum atomic E-state index is 12.5. The number of rotatable bonds is 2. The Hall–Kier alpha value is -2.26. The van der Waals surface area contributed by atoms with Crippen LogP contribution in [0.25, 0.3) is 10.9 Å². The topological polar surface area (TPSA) is 58.9 Å². The lowest BCUT2D eigenvalue weighted by Gasteiger charge is -2.05. The zero-order valence-corrected chi connectivity index (χ0v) is 10.7. The van der Waals surface area contributed by atoms with Crippen molar-refractivity contribution in [3.05, 3.63) is 64.8 Å². The number of carbonyl (C=O) groups is 1. The molecule has 3 N–H and O–H groups in total. The smallest absolute Gasteiger partial charge is 0.197 e. The molecule has 0 aliphatic carbocycles. The number of aromatic amines is 1. The van der Waals surface area contributed by atoms with E-state index in [2.05, 4.69) is 4.98 Å². The van der Waals surface area contributed by atoms with E-state index in [-0.39, 0.29) is 5.78 Å². The van der Waals surface area contributed by atoms with Crippen LogP contribution in [0.2, 0.25) is 5.02 Å². The molecule has 0 aliphatic heterocycles. The summed E-state index contributed by atoms with van der Waals surface area (Å²) in [7, 11) is 0. The van der Waals surface area contributed by atoms with Gasteiger partial charge in [-0.25, -0.2) is 0 Å². The van der Waals surface area contributed by atoms with Crippen molar-refractivity contribution in [2.75, 3.05) is 5.73 Å². The first-order chi connectivity index (χ1) is 9.18. The number of aromatic nitrogens is 1. The van der Waals surface area contributed by atoms with Crippen LogP contribution in [0.3, 0.4) is 0 Å². The van der Waals surface area contributed by atoms with E-state index < -0.39 is 0 Å². The first-order valence-electron chi connectivity index (χ1n) is 5.83. The number of nitrogens with one attached hydrogen (secondary N) is 1. The number of H-pyrrole nitrogens is 1. The van der Waals surface area contributed by atoms with E-state index in [9.17, 15) is 4.79 Å². The van der Waals surface area contributed by atoms with Gasteiger partial charge in [-0.2, -0.15) is 0 Å². The molecule has 0 unspecified atom stereocenters. The third kappa shape index (κ3) is 1.88. The summed E-state index contributed by atoms with van der Waals surface area (Å²) in [5.41, 5.74) is 8.14. The number of nitrogens with two attached hydrogens (primary N) is 1. The fourth-order valence-electron chi connectivity index (χ4n) is 2.14. The van der Waals surface area contributed by atoms with E-state index in [0.29, 0.717) is 21.8 Å². The molecule has 0 amide bonds. The molecule has 0 spiro atoms. The van der Waals surface area contributed by atoms with Crippen molar-refractivity contribution in [1.29, 1.82) is 0 Å². The normalized spacial score (nSPS) is 10.8. The number of hydrogen-bond donors (Lipinski definition) is 2. The summed E-state index contributed by atoms with van der Waals surface area (Å²) in [6.45, 7) is 0. The van der Waals surface area contributed by atoms with Crippen molar-refractivity contribution in [3.63, 3.8) is 0 Å². The molecular weight excluding hydrogens is 260 g/mol. The van der Waals surface area contributed by atoms with Gasteiger partial charge in [0.25, 0.3) is 0 Å². The van der Waals surface area contributed by atoms with Crippen LogP contribution in [0.5, 0.6) is 0 Å². The molecule has 3 aromatic rings. The predicted octanol–water partition coefficient (Wildman–Crippen LogP) is 3.63. The minimum Gasteiger partial charge on any atom is -0.397 e. The molecule has 0 atom stereocenters. The minimum absolute atomic E-state index is 0.127. The molecule has 0 radical (unpaired) electrons. The Labute approximate surface area is 115 Å². The van der Waals surface area contributed by atoms with Crippen LogP contribution < -0.4 is 5.73 Å². The van der Waals surface area contributed by atoms with Gasteiger partial charge in [0.05, 0.1) is 10.7 Å². The quantitative estimate of drug-likeness (QED) is 0.552. The molecule has 0 saturated heterocycles. The lowest BCUT2D eigenvalue weighted by molar-refractivity contribution is 0.104. The average molecular weight is 271 g/mol. The molecule has 1 aromatic heterocycles. The molecule has 0 aliphatic rings. The molecule has 3 rings (SSSR count). The zero-order valence-electron chi connectivity index (χ0n) is 9.98. The van der Waals surface area contributed by atoms with Gasteiger partial charge in [0.2, 0.25) is 0 Å². The first-order valence-corrected chi connectivity index (χ1v) is 6.21. The zero-order chi connectivity index (χ0) is 13.4. The Bertz CT molecular complexity index is 777. The lowest BCUT2D eigenvalue weighted by Crippen LogP contribution is -2.05. The largest absolute Gasteiger partial charge is 0.397 e. The summed E-state index contributed by atoms with van der Waals surface area (Å²) in [5.74, 6) is -0.127. The van der Waals surface area contributed by atoms with E-state index in [0.717, 1.165) is 10.9 Å². The Morgan fingerprint density at radius 1 is 1.05 bits per heavy atom. The molecule has 0 saturated carbocycles. The number of nitrogen functional groups attached to an aromatic ring is 1. The van der Waals surface area contributed by atoms with Crippen molar-refractivity contribution in [2.45, 2.75) is 0 Å². The molecule has 4 heteroatoms. The summed E-state index contributed by atoms with van der Waals surface area (Å²) in [4.78, 5) is 15.6. The summed E-state index contributed by atoms with van der Waals surface area (Å²) < 4.78 is 0. The summed E-state index contributed by atoms with van der Waals surface area (Å²) >= 11 is 5.95. The van der Waals surface area contributed by atoms with E-state index in [4.69, 9.17) is 17.3 Å². The second kappa shape index (κ2) is 4.44. The first kappa shape index (κ1) is 11.8. The Morgan fingerprint density at radius 2 is 1.84 bits per heavy atom. The second-order valence-electron chi connectivity index (χ2n) is 4.28. The monoisotopic (exact) mass is 270 g/mol. The Morgan fingerprint density at radius 3 is 2.68 bits per heavy atom. The molecule has 0 bridgehead atoms. The van der Waals surface area contributed by atoms with Gasteiger partial charge in [0, 0.05) is 28.2 Å². The summed E-state index contributed by atoms with van der Waals surface area (Å²) in [6.07, 6.45) is 1.70. The molecule has 2 aromatic carbocycles. The molecule has 0 fully saturated rings. The van der Waals surface area contributed by atoms with E-state index in [1.54, 1.807) is 24.4 Å². The molecule has 3 nitrogen and oxygen atoms in total. The number of halogens is 1. The van der Waals surface area contributed by atoms with Crippen LogP contribution in [0.1, 0.15) is 15.9 Å². The average Bonchev–Trinajstić information content (AvgIpc) is 2.85. The van der Waals surface area contributed by atoms with Gasteiger partial charge in [-0.1, -0.05) is 35.9 Å². The number of anilines is 1. The van der Waals surface area contributed by atoms with Gasteiger partial charge in [0.1, 0.15) is 0 Å². The Kier molecular flexibility index (Phi) is 2.76. The van der Waals surface area contributed by atoms with Crippen LogP contribution in [-0.4, -0.2) is 10.8 Å². The van der Waals surface area contributed by atoms with Gasteiger partial charge >= 0.3 is 0 Å². The highest BCUT2D eigenvalue weighted by molar-refractivity contribution is 6.34. The van der Waals surface area contributed by atoms with Gasteiger partial charge in [0.15, 0.2) is 5.78 Å². The van der Waals surface area contributed by atoms with Crippen molar-refractivity contribution in [3.8, 4) is 0 Å². The van der Waals surface area contributed by atoms with E-state index in [1.165, 1.54) is 0 Å². The highest BCUT2D eigenvalue weighted by Gasteiger charge is 2.17. The van der Waals surface area contributed by atoms with Gasteiger partial charge < -0.3 is 10.7 Å². The fourth-order valence-corrected chi connectivity index (χ4v) is 2.31. The van der Waals surface area contributed by atoms with Crippen LogP contribution in [0.15, 0.2) is 48.7 Å². The number of ketones is 1. The maximum Gasteiger partial charge on any atom is 0.197 e. The standard InChI is InChI=1S/C15H11ClN2O/c16-12-6-3-5-10(14(12)17)15(19)11-8-18-13-7-2-1-4-9(11)13/h1-8,18H,17H2. The molecule has 94 valence electrons. The van der Waals surface area contributed by atoms with Crippen LogP contribution >= 0.6 is 11.6 Å².